The van der Waals surface area contributed by atoms with E-state index in [1.807, 2.05) is 77.4 Å². The van der Waals surface area contributed by atoms with E-state index in [0.29, 0.717) is 0 Å². The van der Waals surface area contributed by atoms with Gasteiger partial charge in [-0.3, -0.25) is 23.5 Å². The smallest absolute Gasteiger partial charge is 0.0643 e. The second-order valence-electron chi connectivity index (χ2n) is 0. The molecule has 0 aliphatic heterocycles. The fourth-order valence-corrected chi connectivity index (χ4v) is 0. The third kappa shape index (κ3) is 24100. The van der Waals surface area contributed by atoms with Crippen LogP contribution in [0.25, 0.3) is 0 Å². The molecular weight excluding hydrogens is 203 g/mol. The molecule has 0 aliphatic carbocycles. The van der Waals surface area contributed by atoms with E-state index >= 15 is 0 Å². The van der Waals surface area contributed by atoms with Crippen molar-refractivity contribution in [1.29, 1.82) is 0 Å². The third-order valence-electron chi connectivity index (χ3n) is 0. The van der Waals surface area contributed by atoms with E-state index in [0.717, 1.165) is 0 Å². The molecular formula is H25B10F5. The summed E-state index contributed by atoms with van der Waals surface area (Å²) in [6, 6.07) is 0. The summed E-state index contributed by atoms with van der Waals surface area (Å²) in [5.41, 5.74) is 0. The lowest BCUT2D eigenvalue weighted by Gasteiger charge is -0.936. The summed E-state index contributed by atoms with van der Waals surface area (Å²) in [5, 5.41) is 0. The molecule has 15 heavy (non-hydrogen) atoms. The van der Waals surface area contributed by atoms with Crippen LogP contribution in [0.15, 0.2) is 0 Å². The van der Waals surface area contributed by atoms with Crippen LogP contribution < -0.4 is 0 Å². The summed E-state index contributed by atoms with van der Waals surface area (Å²) < 4.78 is 0. The fraction of sp³-hybridized carbons (Fsp3) is 0. The number of hydrogen-bond acceptors (Lipinski definition) is 0. The normalized spacial score (nSPS) is 1.33. The molecule has 0 atom stereocenters. The van der Waals surface area contributed by atoms with E-state index < -0.39 is 0 Å². The number of hydrogen-bond donors (Lipinski definition) is 0. The molecule has 0 N–H and O–H groups in total. The van der Waals surface area contributed by atoms with E-state index in [4.69, 9.17) is 0 Å². The Balaban J connectivity index is -0.00000000240. The summed E-state index contributed by atoms with van der Waals surface area (Å²) in [4.78, 5) is 0. The summed E-state index contributed by atoms with van der Waals surface area (Å²) in [7, 11) is 20.0. The maximum atomic E-state index is 2.00. The van der Waals surface area contributed by atoms with Crippen molar-refractivity contribution in [2.45, 2.75) is 0 Å². The van der Waals surface area contributed by atoms with Crippen LogP contribution >= 0.6 is 0 Å². The van der Waals surface area contributed by atoms with Crippen molar-refractivity contribution in [3.63, 3.8) is 0 Å². The zero-order valence-corrected chi connectivity index (χ0v) is 12.0. The van der Waals surface area contributed by atoms with Crippen molar-refractivity contribution in [2.24, 2.45) is 0 Å². The Morgan fingerprint density at radius 3 is 0.200 bits per heavy atom. The molecule has 90 valence electrons. The minimum Gasteiger partial charge on any atom is -0.269 e. The van der Waals surface area contributed by atoms with Crippen LogP contribution in [0.5, 0.6) is 0 Å². The molecule has 0 radical (unpaired) electrons. The Labute approximate surface area is 101 Å². The molecule has 0 amide bonds. The first-order valence-electron chi connectivity index (χ1n) is 5.00. The zero-order valence-electron chi connectivity index (χ0n) is 12.0. The Bertz CT molecular complexity index is 13.8. The van der Waals surface area contributed by atoms with Gasteiger partial charge in [-0.05, 0) is 0 Å². The second kappa shape index (κ2) is 28200. The number of halogens is 5. The fourth-order valence-electron chi connectivity index (χ4n) is 0. The van der Waals surface area contributed by atoms with Crippen molar-refractivity contribution in [3.8, 4) is 0 Å². The molecule has 0 rings (SSSR count). The van der Waals surface area contributed by atoms with Gasteiger partial charge in [-0.1, -0.05) is 0 Å². The van der Waals surface area contributed by atoms with E-state index in [9.17, 15) is 0 Å². The molecule has 0 aromatic carbocycles. The van der Waals surface area contributed by atoms with Gasteiger partial charge in [0.15, 0.2) is 0 Å². The number of rotatable bonds is 0. The largest absolute Gasteiger partial charge is 0.269 e. The quantitative estimate of drug-likeness (QED) is 0.285. The highest BCUT2D eigenvalue weighted by Gasteiger charge is 1.07. The van der Waals surface area contributed by atoms with Crippen LogP contribution in [0.2, 0.25) is 0 Å². The van der Waals surface area contributed by atoms with Gasteiger partial charge in [-0.15, -0.1) is 0 Å². The van der Waals surface area contributed by atoms with Crippen LogP contribution in [0.1, 0.15) is 0 Å². The highest BCUT2D eigenvalue weighted by Crippen LogP contribution is 0.627. The van der Waals surface area contributed by atoms with Gasteiger partial charge in [-0.25, -0.2) is 0 Å². The van der Waals surface area contributed by atoms with Gasteiger partial charge >= 0.3 is 0 Å². The van der Waals surface area contributed by atoms with Crippen LogP contribution in [-0.4, -0.2) is 77.4 Å². The van der Waals surface area contributed by atoms with Gasteiger partial charge in [0, 0.05) is 0 Å². The monoisotopic (exact) mass is 230 g/mol. The molecule has 0 fully saturated rings. The van der Waals surface area contributed by atoms with Gasteiger partial charge in [0.2, 0.25) is 0 Å². The highest BCUT2D eigenvalue weighted by molar-refractivity contribution is 6.76. The van der Waals surface area contributed by atoms with Gasteiger partial charge in [0.25, 0.3) is 0 Å². The average Bonchev–Trinajstić information content (AvgIpc) is 2.20. The maximum absolute atomic E-state index is 2.00. The molecule has 0 aliphatic rings. The van der Waals surface area contributed by atoms with E-state index in [2.05, 4.69) is 0 Å². The Hall–Kier alpha value is 0.299. The predicted molar refractivity (Wildman–Crippen MR) is 98.0 cm³/mol. The first kappa shape index (κ1) is 111. The van der Waals surface area contributed by atoms with E-state index in [1.165, 1.54) is 0 Å². The molecule has 0 saturated heterocycles. The Morgan fingerprint density at radius 1 is 0.200 bits per heavy atom. The Morgan fingerprint density at radius 2 is 0.200 bits per heavy atom. The van der Waals surface area contributed by atoms with Gasteiger partial charge < -0.3 is 0 Å². The van der Waals surface area contributed by atoms with Crippen molar-refractivity contribution in [3.05, 3.63) is 0 Å². The molecule has 0 nitrogen and oxygen atoms in total. The minimum absolute atomic E-state index is 0. The molecule has 0 unspecified atom stereocenters. The Kier molecular flexibility index (Phi) is 210000. The van der Waals surface area contributed by atoms with Crippen LogP contribution in [0.4, 0.5) is 23.5 Å². The van der Waals surface area contributed by atoms with Gasteiger partial charge in [0.05, 0.1) is 77.4 Å². The van der Waals surface area contributed by atoms with Gasteiger partial charge in [0.1, 0.15) is 0 Å². The summed E-state index contributed by atoms with van der Waals surface area (Å²) >= 11 is 0. The van der Waals surface area contributed by atoms with Crippen LogP contribution in [-0.2, 0) is 0 Å². The van der Waals surface area contributed by atoms with Crippen molar-refractivity contribution in [2.75, 3.05) is 0 Å². The third-order valence-corrected chi connectivity index (χ3v) is 0. The standard InChI is InChI=1S/5B2H4.5FH/c5*1-2;;;;;/h5*1-2H2;5*1H. The summed E-state index contributed by atoms with van der Waals surface area (Å²) in [6.45, 7) is 0. The average molecular weight is 228 g/mol. The van der Waals surface area contributed by atoms with Gasteiger partial charge in [-0.2, -0.15) is 0 Å². The van der Waals surface area contributed by atoms with Crippen LogP contribution in [0.3, 0.4) is 0 Å². The molecule has 0 aromatic rings. The van der Waals surface area contributed by atoms with Crippen molar-refractivity contribution < 1.29 is 23.5 Å². The SMILES string of the molecule is BB.BB.BB.BB.BB.F.F.F.F.F. The molecule has 15 heteroatoms. The first-order valence-corrected chi connectivity index (χ1v) is 5.00. The van der Waals surface area contributed by atoms with Crippen LogP contribution in [0, 0.1) is 0 Å². The topological polar surface area (TPSA) is 0 Å². The first-order chi connectivity index (χ1) is 5.00. The lowest BCUT2D eigenvalue weighted by Crippen LogP contribution is -1.38. The predicted octanol–water partition coefficient (Wildman–Crippen LogP) is -8.40. The summed E-state index contributed by atoms with van der Waals surface area (Å²) in [6.07, 6.45) is 0. The molecule has 0 spiro atoms. The van der Waals surface area contributed by atoms with E-state index in [1.54, 1.807) is 0 Å². The lowest BCUT2D eigenvalue weighted by molar-refractivity contribution is 1.11. The lowest BCUT2D eigenvalue weighted by atomic mass is 9.81. The van der Waals surface area contributed by atoms with Crippen molar-refractivity contribution in [1.82, 2.24) is 0 Å². The van der Waals surface area contributed by atoms with Crippen molar-refractivity contribution >= 4 is 77.4 Å². The maximum Gasteiger partial charge on any atom is 0.0643 e. The molecule has 0 aromatic heterocycles. The van der Waals surface area contributed by atoms with E-state index in [-0.39, 0.29) is 23.5 Å². The minimum atomic E-state index is 0. The summed E-state index contributed by atoms with van der Waals surface area (Å²) in [5.74, 6) is 0. The molecule has 0 bridgehead atoms. The molecule has 0 heterocycles. The second-order valence-corrected chi connectivity index (χ2v) is 0. The highest BCUT2D eigenvalue weighted by atomic mass is 19.0. The zero-order chi connectivity index (χ0) is 10.0. The molecule has 0 saturated carbocycles.